The smallest absolute Gasteiger partial charge is 0.201 e. The molecule has 1 aromatic carbocycles. The largest absolute Gasteiger partial charge is 0.377 e. The zero-order chi connectivity index (χ0) is 12.4. The van der Waals surface area contributed by atoms with Gasteiger partial charge in [0, 0.05) is 10.2 Å². The number of ether oxygens (including phenoxy) is 1. The third-order valence-corrected chi connectivity index (χ3v) is 3.30. The minimum Gasteiger partial charge on any atom is -0.377 e. The van der Waals surface area contributed by atoms with Crippen LogP contribution in [0.5, 0.6) is 0 Å². The van der Waals surface area contributed by atoms with E-state index >= 15 is 0 Å². The Hall–Kier alpha value is -0.820. The van der Waals surface area contributed by atoms with E-state index in [0.29, 0.717) is 12.6 Å². The fraction of sp³-hybridized carbons (Fsp3) is 0.417. The molecule has 5 heteroatoms. The number of rotatable bonds is 4. The lowest BCUT2D eigenvalue weighted by Crippen LogP contribution is -2.17. The molecular weight excluding hydrogens is 329 g/mol. The molecule has 2 N–H and O–H groups in total. The molecule has 0 saturated heterocycles. The lowest BCUT2D eigenvalue weighted by molar-refractivity contribution is 0.0652. The van der Waals surface area contributed by atoms with Gasteiger partial charge in [0.15, 0.2) is 0 Å². The fourth-order valence-corrected chi connectivity index (χ4v) is 2.38. The van der Waals surface area contributed by atoms with Crippen LogP contribution in [0.15, 0.2) is 18.2 Å². The average molecular weight is 345 g/mol. The molecule has 0 fully saturated rings. The second-order valence-corrected chi connectivity index (χ2v) is 5.23. The van der Waals surface area contributed by atoms with E-state index in [2.05, 4.69) is 39.7 Å². The number of fused-ring (bicyclic) bond motifs is 1. The van der Waals surface area contributed by atoms with Gasteiger partial charge in [-0.3, -0.25) is 0 Å². The number of benzene rings is 1. The van der Waals surface area contributed by atoms with Crippen molar-refractivity contribution in [1.29, 1.82) is 0 Å². The van der Waals surface area contributed by atoms with Crippen LogP contribution in [0.25, 0.3) is 11.0 Å². The molecule has 4 nitrogen and oxygen atoms in total. The van der Waals surface area contributed by atoms with Crippen molar-refractivity contribution in [3.05, 3.63) is 21.8 Å². The van der Waals surface area contributed by atoms with Gasteiger partial charge < -0.3 is 15.0 Å². The number of nitrogens with two attached hydrogens (primary N) is 1. The molecule has 0 saturated carbocycles. The predicted octanol–water partition coefficient (Wildman–Crippen LogP) is 2.65. The standard InChI is InChI=1S/C12H16IN3O/c1-3-17-8(2)7-16-11-5-4-9(13)6-10(11)15-12(16)14/h4-6,8H,3,7H2,1-2H3,(H2,14,15). The third-order valence-electron chi connectivity index (χ3n) is 2.63. The van der Waals surface area contributed by atoms with Gasteiger partial charge >= 0.3 is 0 Å². The maximum absolute atomic E-state index is 5.94. The van der Waals surface area contributed by atoms with Gasteiger partial charge in [0.05, 0.1) is 23.7 Å². The van der Waals surface area contributed by atoms with Gasteiger partial charge in [-0.25, -0.2) is 4.98 Å². The molecule has 0 spiro atoms. The molecule has 1 heterocycles. The molecule has 0 amide bonds. The monoisotopic (exact) mass is 345 g/mol. The maximum atomic E-state index is 5.94. The van der Waals surface area contributed by atoms with Gasteiger partial charge in [0.2, 0.25) is 5.95 Å². The first-order valence-electron chi connectivity index (χ1n) is 5.64. The van der Waals surface area contributed by atoms with Crippen LogP contribution < -0.4 is 5.73 Å². The molecule has 0 radical (unpaired) electrons. The van der Waals surface area contributed by atoms with Crippen molar-refractivity contribution in [1.82, 2.24) is 9.55 Å². The summed E-state index contributed by atoms with van der Waals surface area (Å²) in [6.07, 6.45) is 0.138. The number of nitrogens with zero attached hydrogens (tertiary/aromatic N) is 2. The van der Waals surface area contributed by atoms with Crippen molar-refractivity contribution in [2.75, 3.05) is 12.3 Å². The second-order valence-electron chi connectivity index (χ2n) is 3.98. The molecule has 0 bridgehead atoms. The third kappa shape index (κ3) is 2.71. The number of hydrogen-bond donors (Lipinski definition) is 1. The maximum Gasteiger partial charge on any atom is 0.201 e. The summed E-state index contributed by atoms with van der Waals surface area (Å²) >= 11 is 2.27. The Balaban J connectivity index is 2.36. The van der Waals surface area contributed by atoms with Gasteiger partial charge in [-0.2, -0.15) is 0 Å². The first-order chi connectivity index (χ1) is 8.11. The Morgan fingerprint density at radius 3 is 3.00 bits per heavy atom. The molecule has 92 valence electrons. The van der Waals surface area contributed by atoms with Crippen molar-refractivity contribution in [2.24, 2.45) is 0 Å². The average Bonchev–Trinajstić information content (AvgIpc) is 2.55. The summed E-state index contributed by atoms with van der Waals surface area (Å²) in [5.74, 6) is 0.550. The Labute approximate surface area is 114 Å². The molecule has 1 atom stereocenters. The zero-order valence-corrected chi connectivity index (χ0v) is 12.1. The Kier molecular flexibility index (Phi) is 3.88. The Morgan fingerprint density at radius 1 is 1.53 bits per heavy atom. The first kappa shape index (κ1) is 12.6. The molecule has 2 rings (SSSR count). The lowest BCUT2D eigenvalue weighted by Gasteiger charge is -2.13. The minimum atomic E-state index is 0.138. The van der Waals surface area contributed by atoms with Gasteiger partial charge in [-0.05, 0) is 54.6 Å². The van der Waals surface area contributed by atoms with Crippen molar-refractivity contribution >= 4 is 39.6 Å². The SMILES string of the molecule is CCOC(C)Cn1c(N)nc2cc(I)ccc21. The topological polar surface area (TPSA) is 53.1 Å². The van der Waals surface area contributed by atoms with Crippen LogP contribution in [0.4, 0.5) is 5.95 Å². The normalized spacial score (nSPS) is 13.1. The second kappa shape index (κ2) is 5.22. The van der Waals surface area contributed by atoms with Gasteiger partial charge in [-0.1, -0.05) is 0 Å². The highest BCUT2D eigenvalue weighted by Gasteiger charge is 2.11. The summed E-state index contributed by atoms with van der Waals surface area (Å²) in [5, 5.41) is 0. The number of hydrogen-bond acceptors (Lipinski definition) is 3. The molecular formula is C12H16IN3O. The Morgan fingerprint density at radius 2 is 2.29 bits per heavy atom. The lowest BCUT2D eigenvalue weighted by atomic mass is 10.3. The summed E-state index contributed by atoms with van der Waals surface area (Å²) < 4.78 is 8.71. The zero-order valence-electron chi connectivity index (χ0n) is 9.98. The molecule has 2 aromatic rings. The number of imidazole rings is 1. The van der Waals surface area contributed by atoms with Crippen LogP contribution in [0, 0.1) is 3.57 Å². The van der Waals surface area contributed by atoms with Crippen LogP contribution in [0.1, 0.15) is 13.8 Å². The van der Waals surface area contributed by atoms with E-state index < -0.39 is 0 Å². The van der Waals surface area contributed by atoms with Gasteiger partial charge in [0.25, 0.3) is 0 Å². The van der Waals surface area contributed by atoms with Gasteiger partial charge in [0.1, 0.15) is 0 Å². The fourth-order valence-electron chi connectivity index (χ4n) is 1.91. The van der Waals surface area contributed by atoms with E-state index in [1.165, 1.54) is 0 Å². The van der Waals surface area contributed by atoms with E-state index in [0.717, 1.165) is 21.1 Å². The molecule has 0 aliphatic rings. The van der Waals surface area contributed by atoms with Gasteiger partial charge in [-0.15, -0.1) is 0 Å². The number of aromatic nitrogens is 2. The van der Waals surface area contributed by atoms with Crippen LogP contribution >= 0.6 is 22.6 Å². The highest BCUT2D eigenvalue weighted by atomic mass is 127. The summed E-state index contributed by atoms with van der Waals surface area (Å²) in [6, 6.07) is 6.15. The minimum absolute atomic E-state index is 0.138. The molecule has 17 heavy (non-hydrogen) atoms. The number of nitrogen functional groups attached to an aromatic ring is 1. The highest BCUT2D eigenvalue weighted by molar-refractivity contribution is 14.1. The molecule has 0 aliphatic heterocycles. The van der Waals surface area contributed by atoms with Crippen LogP contribution in [0.3, 0.4) is 0 Å². The molecule has 1 unspecified atom stereocenters. The van der Waals surface area contributed by atoms with Crippen molar-refractivity contribution in [3.8, 4) is 0 Å². The number of halogens is 1. The van der Waals surface area contributed by atoms with E-state index in [-0.39, 0.29) is 6.10 Å². The Bertz CT molecular complexity index is 524. The van der Waals surface area contributed by atoms with Crippen LogP contribution in [-0.4, -0.2) is 22.3 Å². The predicted molar refractivity (Wildman–Crippen MR) is 78.0 cm³/mol. The van der Waals surface area contributed by atoms with E-state index in [1.54, 1.807) is 0 Å². The van der Waals surface area contributed by atoms with Crippen molar-refractivity contribution in [2.45, 2.75) is 26.5 Å². The molecule has 0 aliphatic carbocycles. The summed E-state index contributed by atoms with van der Waals surface area (Å²) in [5.41, 5.74) is 7.95. The number of anilines is 1. The highest BCUT2D eigenvalue weighted by Crippen LogP contribution is 2.20. The van der Waals surface area contributed by atoms with Crippen LogP contribution in [0.2, 0.25) is 0 Å². The quantitative estimate of drug-likeness (QED) is 0.867. The summed E-state index contributed by atoms with van der Waals surface area (Å²) in [6.45, 7) is 5.48. The van der Waals surface area contributed by atoms with E-state index in [9.17, 15) is 0 Å². The summed E-state index contributed by atoms with van der Waals surface area (Å²) in [4.78, 5) is 4.37. The summed E-state index contributed by atoms with van der Waals surface area (Å²) in [7, 11) is 0. The van der Waals surface area contributed by atoms with Crippen molar-refractivity contribution in [3.63, 3.8) is 0 Å². The van der Waals surface area contributed by atoms with Crippen LogP contribution in [-0.2, 0) is 11.3 Å². The van der Waals surface area contributed by atoms with E-state index in [4.69, 9.17) is 10.5 Å². The van der Waals surface area contributed by atoms with E-state index in [1.807, 2.05) is 24.5 Å². The van der Waals surface area contributed by atoms with Crippen molar-refractivity contribution < 1.29 is 4.74 Å². The first-order valence-corrected chi connectivity index (χ1v) is 6.72. The molecule has 1 aromatic heterocycles.